The van der Waals surface area contributed by atoms with Crippen LogP contribution < -0.4 is 10.2 Å². The molecule has 0 unspecified atom stereocenters. The van der Waals surface area contributed by atoms with Crippen molar-refractivity contribution in [1.29, 1.82) is 0 Å². The monoisotopic (exact) mass is 1480 g/mol. The van der Waals surface area contributed by atoms with Crippen molar-refractivity contribution in [3.05, 3.63) is 219 Å². The number of aromatic nitrogens is 8. The molecule has 0 aliphatic rings. The van der Waals surface area contributed by atoms with Gasteiger partial charge in [-0.15, -0.1) is 81.1 Å². The van der Waals surface area contributed by atoms with E-state index in [1.165, 1.54) is 27.7 Å². The van der Waals surface area contributed by atoms with E-state index in [9.17, 15) is 70.2 Å². The van der Waals surface area contributed by atoms with E-state index < -0.39 is 15.6 Å². The van der Waals surface area contributed by atoms with Crippen LogP contribution in [0.25, 0.3) is 45.6 Å². The number of ketones is 2. The third kappa shape index (κ3) is 72.8. The number of nitrogens with zero attached hydrogens (tertiary/aromatic N) is 8. The maximum Gasteiger partial charge on any atom is 2.00 e. The van der Waals surface area contributed by atoms with E-state index in [-0.39, 0.29) is 72.1 Å². The number of allylic oxidation sites excluding steroid dienone is 4. The molecule has 0 spiro atoms. The average molecular weight is 1490 g/mol. The summed E-state index contributed by atoms with van der Waals surface area (Å²) in [6.45, 7) is 5.39. The second-order valence-electron chi connectivity index (χ2n) is 14.7. The summed E-state index contributed by atoms with van der Waals surface area (Å²) in [5.41, 5.74) is 7.32. The fraction of sp³-hybridized carbons (Fsp3) is 0.132. The van der Waals surface area contributed by atoms with Gasteiger partial charge in [0.1, 0.15) is 0 Å². The van der Waals surface area contributed by atoms with Crippen molar-refractivity contribution >= 4 is 96.8 Å². The van der Waals surface area contributed by atoms with E-state index in [2.05, 4.69) is 39.9 Å². The van der Waals surface area contributed by atoms with E-state index in [1.54, 1.807) is 49.6 Å². The minimum Gasteiger partial charge on any atom is -0.255 e. The molecule has 0 amide bonds. The molecular weight excluding hydrogens is 1430 g/mol. The maximum absolute atomic E-state index is 10.7. The molecule has 0 radical (unpaired) electrons. The standard InChI is InChI=1S/4C10H8N2.2C5H8O2.3CH2Cl2.2F6P.2Ni/c4*1-3-7-11-9(5-1)10-6-2-4-8-12-10;2*1-4(6)3-5(2)7;3*2-1-3;2*1-7(2,3,4,5)6;;/h4*1-8H;2*3,6H,1-2H3;3*1H2;;;;/q;;;;;;;;;2*-1;2*+2/p-2/b;;;;2*4-3-;;;;;;;. The molecule has 8 heterocycles. The minimum atomic E-state index is -10.7. The van der Waals surface area contributed by atoms with E-state index in [4.69, 9.17) is 69.6 Å². The number of carbonyl (C=O) groups excluding carboxylic acids is 2. The fourth-order valence-electron chi connectivity index (χ4n) is 4.69. The minimum absolute atomic E-state index is 0. The van der Waals surface area contributed by atoms with Crippen LogP contribution in [0, 0.1) is 0 Å². The van der Waals surface area contributed by atoms with Gasteiger partial charge in [-0.25, -0.2) is 0 Å². The molecule has 8 aromatic rings. The van der Waals surface area contributed by atoms with E-state index in [1.807, 2.05) is 146 Å². The van der Waals surface area contributed by atoms with Crippen LogP contribution in [0.1, 0.15) is 27.7 Å². The molecule has 0 N–H and O–H groups in total. The first kappa shape index (κ1) is 90.1. The van der Waals surface area contributed by atoms with Crippen molar-refractivity contribution in [2.45, 2.75) is 27.7 Å². The molecule has 0 fully saturated rings. The van der Waals surface area contributed by atoms with Crippen molar-refractivity contribution in [2.24, 2.45) is 0 Å². The zero-order valence-electron chi connectivity index (χ0n) is 45.3. The van der Waals surface area contributed by atoms with Crippen molar-refractivity contribution < 1.29 is 103 Å². The smallest absolute Gasteiger partial charge is 0.255 e. The summed E-state index contributed by atoms with van der Waals surface area (Å²) >= 11 is 28.6. The molecule has 0 bridgehead atoms. The van der Waals surface area contributed by atoms with Crippen LogP contribution in [0.5, 0.6) is 0 Å². The zero-order valence-corrected chi connectivity index (χ0v) is 53.6. The Morgan fingerprint density at radius 3 is 0.471 bits per heavy atom. The third-order valence-electron chi connectivity index (χ3n) is 7.18. The largest absolute Gasteiger partial charge is 2.00 e. The second kappa shape index (κ2) is 45.6. The molecule has 484 valence electrons. The Morgan fingerprint density at radius 1 is 0.322 bits per heavy atom. The van der Waals surface area contributed by atoms with Gasteiger partial charge in [-0.05, 0) is 123 Å². The summed E-state index contributed by atoms with van der Waals surface area (Å²) in [5, 5.41) is 20.5. The van der Waals surface area contributed by atoms with Crippen LogP contribution >= 0.6 is 85.2 Å². The maximum atomic E-state index is 9.98. The van der Waals surface area contributed by atoms with Crippen molar-refractivity contribution in [1.82, 2.24) is 39.9 Å². The Bertz CT molecular complexity index is 2530. The van der Waals surface area contributed by atoms with Crippen LogP contribution in [-0.4, -0.2) is 67.5 Å². The SMILES string of the molecule is CC(=O)/C=C(/C)[O-].CC(=O)/C=C(/C)[O-].ClCCl.ClCCl.ClCCl.F[P-](F)(F)(F)(F)F.F[P-](F)(F)(F)(F)F.[Ni+2].[Ni+2].c1ccc(-c2ccccn2)nc1.c1ccc(-c2ccccn2)nc1.c1ccc(-c2ccccn2)nc1.c1ccc(-c2ccccn2)nc1. The Balaban J connectivity index is -0.000000291. The molecule has 34 heteroatoms. The summed E-state index contributed by atoms with van der Waals surface area (Å²) in [5.74, 6) is -0.750. The molecule has 0 aromatic carbocycles. The normalized spacial score (nSPS) is 11.5. The number of halogens is 18. The Morgan fingerprint density at radius 2 is 0.425 bits per heavy atom. The van der Waals surface area contributed by atoms with Crippen LogP contribution in [0.15, 0.2) is 219 Å². The molecule has 12 nitrogen and oxygen atoms in total. The summed E-state index contributed by atoms with van der Waals surface area (Å²) in [4.78, 5) is 53.4. The van der Waals surface area contributed by atoms with Gasteiger partial charge < -0.3 is 10.2 Å². The quantitative estimate of drug-likeness (QED) is 0.0384. The first-order chi connectivity index (χ1) is 39.3. The fourth-order valence-corrected chi connectivity index (χ4v) is 4.69. The van der Waals surface area contributed by atoms with Gasteiger partial charge in [0, 0.05) is 49.6 Å². The van der Waals surface area contributed by atoms with Gasteiger partial charge in [0.25, 0.3) is 0 Å². The van der Waals surface area contributed by atoms with Crippen molar-refractivity contribution in [3.8, 4) is 45.6 Å². The molecule has 0 aliphatic heterocycles. The topological polar surface area (TPSA) is 183 Å². The summed E-state index contributed by atoms with van der Waals surface area (Å²) in [6, 6.07) is 46.4. The zero-order chi connectivity index (χ0) is 65.6. The third-order valence-corrected chi connectivity index (χ3v) is 7.18. The van der Waals surface area contributed by atoms with Crippen LogP contribution in [0.4, 0.5) is 50.4 Å². The van der Waals surface area contributed by atoms with E-state index >= 15 is 0 Å². The number of carbonyl (C=O) groups is 2. The Labute approximate surface area is 544 Å². The molecule has 0 saturated carbocycles. The predicted molar refractivity (Wildman–Crippen MR) is 316 cm³/mol. The first-order valence-corrected chi connectivity index (χ1v) is 30.0. The number of pyridine rings is 8. The summed E-state index contributed by atoms with van der Waals surface area (Å²) < 4.78 is 118. The number of hydrogen-bond donors (Lipinski definition) is 0. The van der Waals surface area contributed by atoms with Gasteiger partial charge in [0.05, 0.1) is 61.6 Å². The molecule has 0 saturated heterocycles. The molecule has 87 heavy (non-hydrogen) atoms. The van der Waals surface area contributed by atoms with Gasteiger partial charge in [-0.3, -0.25) is 49.5 Å². The van der Waals surface area contributed by atoms with Gasteiger partial charge in [0.15, 0.2) is 11.6 Å². The number of alkyl halides is 6. The van der Waals surface area contributed by atoms with E-state index in [0.29, 0.717) is 0 Å². The number of rotatable bonds is 6. The molecular formula is C53H52Cl6F12N8Ni2O4P2. The van der Waals surface area contributed by atoms with Crippen LogP contribution in [-0.2, 0) is 42.6 Å². The summed E-state index contributed by atoms with van der Waals surface area (Å²) in [6.07, 6.45) is 16.3. The molecule has 0 atom stereocenters. The molecule has 8 rings (SSSR count). The average Bonchev–Trinajstić information content (AvgIpc) is 1.84. The van der Waals surface area contributed by atoms with Gasteiger partial charge in [-0.1, -0.05) is 62.4 Å². The number of hydrogen-bond acceptors (Lipinski definition) is 12. The second-order valence-corrected chi connectivity index (χ2v) is 20.9. The molecule has 0 aliphatic carbocycles. The van der Waals surface area contributed by atoms with Crippen molar-refractivity contribution in [3.63, 3.8) is 0 Å². The van der Waals surface area contributed by atoms with Crippen LogP contribution in [0.2, 0.25) is 0 Å². The first-order valence-electron chi connectivity index (χ1n) is 22.8. The van der Waals surface area contributed by atoms with Gasteiger partial charge in [-0.2, -0.15) is 0 Å². The predicted octanol–water partition coefficient (Wildman–Crippen LogP) is 19.3. The van der Waals surface area contributed by atoms with E-state index in [0.717, 1.165) is 57.7 Å². The Hall–Kier alpha value is -5.63. The van der Waals surface area contributed by atoms with Crippen LogP contribution in [0.3, 0.4) is 0 Å². The molecule has 8 aromatic heterocycles. The van der Waals surface area contributed by atoms with Crippen molar-refractivity contribution in [2.75, 3.05) is 16.0 Å². The summed E-state index contributed by atoms with van der Waals surface area (Å²) in [7, 11) is -21.3. The van der Waals surface area contributed by atoms with Gasteiger partial charge >= 0.3 is 99.0 Å². The van der Waals surface area contributed by atoms with Gasteiger partial charge in [0.2, 0.25) is 0 Å². The Kier molecular flexibility index (Phi) is 47.2.